The molecule has 1 atom stereocenters. The number of sulfonamides is 1. The highest BCUT2D eigenvalue weighted by Gasteiger charge is 2.24. The number of nitrogens with zero attached hydrogens (tertiary/aromatic N) is 3. The number of hydrogen-bond donors (Lipinski definition) is 2. The number of anilines is 3. The molecule has 1 fully saturated rings. The van der Waals surface area contributed by atoms with Gasteiger partial charge in [-0.15, -0.1) is 0 Å². The van der Waals surface area contributed by atoms with Crippen LogP contribution in [0.2, 0.25) is 0 Å². The van der Waals surface area contributed by atoms with Gasteiger partial charge in [0, 0.05) is 32.2 Å². The van der Waals surface area contributed by atoms with Crippen LogP contribution in [0.5, 0.6) is 6.01 Å². The van der Waals surface area contributed by atoms with Crippen LogP contribution in [-0.4, -0.2) is 63.0 Å². The molecule has 2 N–H and O–H groups in total. The van der Waals surface area contributed by atoms with Crippen molar-refractivity contribution in [1.29, 1.82) is 0 Å². The maximum Gasteiger partial charge on any atom is 0.316 e. The van der Waals surface area contributed by atoms with E-state index in [1.165, 1.54) is 0 Å². The van der Waals surface area contributed by atoms with E-state index < -0.39 is 15.9 Å². The Labute approximate surface area is 213 Å². The molecule has 1 aromatic carbocycles. The highest BCUT2D eigenvalue weighted by atomic mass is 32.2. The van der Waals surface area contributed by atoms with Crippen LogP contribution in [0.3, 0.4) is 0 Å². The lowest BCUT2D eigenvalue weighted by atomic mass is 9.92. The molecule has 0 radical (unpaired) electrons. The second-order valence-electron chi connectivity index (χ2n) is 8.83. The number of nitrogens with one attached hydrogen (secondary N) is 2. The molecule has 36 heavy (non-hydrogen) atoms. The van der Waals surface area contributed by atoms with E-state index in [4.69, 9.17) is 9.47 Å². The molecule has 0 aliphatic carbocycles. The molecule has 11 heteroatoms. The van der Waals surface area contributed by atoms with Crippen molar-refractivity contribution in [3.8, 4) is 6.01 Å². The zero-order chi connectivity index (χ0) is 26.1. The van der Waals surface area contributed by atoms with Crippen molar-refractivity contribution >= 4 is 33.0 Å². The predicted octanol–water partition coefficient (Wildman–Crippen LogP) is 3.58. The Morgan fingerprint density at radius 1 is 1.19 bits per heavy atom. The van der Waals surface area contributed by atoms with Crippen LogP contribution < -0.4 is 19.7 Å². The van der Waals surface area contributed by atoms with Crippen LogP contribution >= 0.6 is 0 Å². The van der Waals surface area contributed by atoms with Gasteiger partial charge in [0.1, 0.15) is 0 Å². The minimum atomic E-state index is -3.60. The third-order valence-electron chi connectivity index (χ3n) is 6.18. The van der Waals surface area contributed by atoms with Gasteiger partial charge >= 0.3 is 6.01 Å². The van der Waals surface area contributed by atoms with E-state index in [2.05, 4.69) is 37.9 Å². The van der Waals surface area contributed by atoms with E-state index in [9.17, 15) is 13.2 Å². The Morgan fingerprint density at radius 2 is 1.89 bits per heavy atom. The Morgan fingerprint density at radius 3 is 2.47 bits per heavy atom. The number of aromatic nitrogens is 2. The average Bonchev–Trinajstić information content (AvgIpc) is 2.85. The lowest BCUT2D eigenvalue weighted by Crippen LogP contribution is -2.39. The second kappa shape index (κ2) is 12.9. The fraction of sp³-hybridized carbons (Fsp3) is 0.560. The first-order chi connectivity index (χ1) is 17.2. The van der Waals surface area contributed by atoms with Gasteiger partial charge in [-0.25, -0.2) is 18.4 Å². The molecule has 0 bridgehead atoms. The summed E-state index contributed by atoms with van der Waals surface area (Å²) in [6.45, 7) is 8.79. The Kier molecular flexibility index (Phi) is 9.89. The first-order valence-corrected chi connectivity index (χ1v) is 14.3. The monoisotopic (exact) mass is 519 g/mol. The van der Waals surface area contributed by atoms with Crippen molar-refractivity contribution in [2.45, 2.75) is 58.4 Å². The topological polar surface area (TPSA) is 123 Å². The summed E-state index contributed by atoms with van der Waals surface area (Å²) in [7, 11) is -3.60. The summed E-state index contributed by atoms with van der Waals surface area (Å²) in [6, 6.07) is 6.81. The fourth-order valence-corrected chi connectivity index (χ4v) is 4.99. The normalized spacial score (nSPS) is 15.2. The van der Waals surface area contributed by atoms with E-state index in [1.54, 1.807) is 12.4 Å². The molecule has 3 rings (SSSR count). The van der Waals surface area contributed by atoms with E-state index in [0.717, 1.165) is 55.8 Å². The quantitative estimate of drug-likeness (QED) is 0.433. The third kappa shape index (κ3) is 7.79. The lowest BCUT2D eigenvalue weighted by molar-refractivity contribution is -0.119. The molecular weight excluding hydrogens is 482 g/mol. The van der Waals surface area contributed by atoms with E-state index in [0.29, 0.717) is 30.8 Å². The molecule has 0 spiro atoms. The number of carbonyl (C=O) groups excluding carboxylic acids is 1. The Bertz CT molecular complexity index is 1100. The summed E-state index contributed by atoms with van der Waals surface area (Å²) in [5.41, 5.74) is 3.57. The highest BCUT2D eigenvalue weighted by Crippen LogP contribution is 2.36. The number of ether oxygens (including phenoxy) is 2. The van der Waals surface area contributed by atoms with Crippen LogP contribution in [0.1, 0.15) is 57.9 Å². The summed E-state index contributed by atoms with van der Waals surface area (Å²) in [5, 5.41) is 3.46. The Balaban J connectivity index is 1.94. The smallest absolute Gasteiger partial charge is 0.316 e. The zero-order valence-electron chi connectivity index (χ0n) is 21.5. The second-order valence-corrected chi connectivity index (χ2v) is 10.6. The van der Waals surface area contributed by atoms with Crippen molar-refractivity contribution in [3.05, 3.63) is 36.2 Å². The lowest BCUT2D eigenvalue weighted by Gasteiger charge is -2.37. The maximum atomic E-state index is 12.3. The molecule has 1 aliphatic rings. The van der Waals surface area contributed by atoms with Crippen LogP contribution in [0.25, 0.3) is 0 Å². The third-order valence-corrected chi connectivity index (χ3v) is 6.78. The summed E-state index contributed by atoms with van der Waals surface area (Å²) in [5.74, 6) is -0.656. The van der Waals surface area contributed by atoms with Gasteiger partial charge in [-0.2, -0.15) is 0 Å². The molecular formula is C25H37N5O5S. The molecule has 0 saturated carbocycles. The van der Waals surface area contributed by atoms with Gasteiger partial charge in [-0.1, -0.05) is 13.0 Å². The number of benzene rings is 1. The van der Waals surface area contributed by atoms with Crippen molar-refractivity contribution < 1.29 is 22.7 Å². The average molecular weight is 520 g/mol. The first-order valence-electron chi connectivity index (χ1n) is 12.4. The van der Waals surface area contributed by atoms with Crippen molar-refractivity contribution in [1.82, 2.24) is 14.7 Å². The number of amides is 1. The standard InChI is InChI=1S/C25H37N5O5S/c1-5-18(15-24(31)29-36(4,32)33)19-8-9-23(30(6-2)21-10-12-34-13-11-21)22(14-19)28-20-16-26-25(27-17-20)35-7-3/h8-9,14,16-18,21,28H,5-7,10-13,15H2,1-4H3,(H,29,31). The molecule has 2 aromatic rings. The van der Waals surface area contributed by atoms with Crippen LogP contribution in [-0.2, 0) is 19.6 Å². The SMILES string of the molecule is CCOc1ncc(Nc2cc(C(CC)CC(=O)NS(C)(=O)=O)ccc2N(CC)C2CCOCC2)cn1. The molecule has 1 saturated heterocycles. The van der Waals surface area contributed by atoms with Gasteiger partial charge in [-0.05, 0) is 56.7 Å². The molecule has 1 amide bonds. The summed E-state index contributed by atoms with van der Waals surface area (Å²) >= 11 is 0. The minimum absolute atomic E-state index is 0.0754. The van der Waals surface area contributed by atoms with Gasteiger partial charge in [-0.3, -0.25) is 9.52 Å². The Hall–Kier alpha value is -2.92. The molecule has 198 valence electrons. The predicted molar refractivity (Wildman–Crippen MR) is 140 cm³/mol. The maximum absolute atomic E-state index is 12.3. The van der Waals surface area contributed by atoms with Gasteiger partial charge in [0.15, 0.2) is 0 Å². The number of carbonyl (C=O) groups is 1. The van der Waals surface area contributed by atoms with Crippen LogP contribution in [0.15, 0.2) is 30.6 Å². The van der Waals surface area contributed by atoms with Crippen molar-refractivity contribution in [2.24, 2.45) is 0 Å². The fourth-order valence-electron chi connectivity index (χ4n) is 4.49. The summed E-state index contributed by atoms with van der Waals surface area (Å²) in [6.07, 6.45) is 6.99. The van der Waals surface area contributed by atoms with E-state index in [1.807, 2.05) is 26.0 Å². The highest BCUT2D eigenvalue weighted by molar-refractivity contribution is 7.89. The largest absolute Gasteiger partial charge is 0.464 e. The molecule has 10 nitrogen and oxygen atoms in total. The van der Waals surface area contributed by atoms with E-state index >= 15 is 0 Å². The zero-order valence-corrected chi connectivity index (χ0v) is 22.3. The van der Waals surface area contributed by atoms with Gasteiger partial charge in [0.05, 0.1) is 42.3 Å². The van der Waals surface area contributed by atoms with Gasteiger partial charge in [0.25, 0.3) is 0 Å². The van der Waals surface area contributed by atoms with Crippen molar-refractivity contribution in [2.75, 3.05) is 42.8 Å². The minimum Gasteiger partial charge on any atom is -0.464 e. The number of rotatable bonds is 12. The summed E-state index contributed by atoms with van der Waals surface area (Å²) in [4.78, 5) is 23.2. The van der Waals surface area contributed by atoms with E-state index in [-0.39, 0.29) is 12.3 Å². The molecule has 1 aromatic heterocycles. The van der Waals surface area contributed by atoms with Gasteiger partial charge in [0.2, 0.25) is 15.9 Å². The molecule has 2 heterocycles. The summed E-state index contributed by atoms with van der Waals surface area (Å²) < 4.78 is 36.0. The number of hydrogen-bond acceptors (Lipinski definition) is 9. The van der Waals surface area contributed by atoms with Crippen molar-refractivity contribution in [3.63, 3.8) is 0 Å². The molecule has 1 aliphatic heterocycles. The first kappa shape index (κ1) is 27.7. The van der Waals surface area contributed by atoms with Crippen LogP contribution in [0, 0.1) is 0 Å². The van der Waals surface area contributed by atoms with Crippen LogP contribution in [0.4, 0.5) is 17.1 Å². The molecule has 1 unspecified atom stereocenters. The van der Waals surface area contributed by atoms with Gasteiger partial charge < -0.3 is 19.7 Å².